The second-order valence-electron chi connectivity index (χ2n) is 5.93. The number of amides is 1. The van der Waals surface area contributed by atoms with Crippen LogP contribution in [0.5, 0.6) is 0 Å². The summed E-state index contributed by atoms with van der Waals surface area (Å²) in [5.41, 5.74) is -0.421. The summed E-state index contributed by atoms with van der Waals surface area (Å²) in [6.45, 7) is 7.29. The maximum atomic E-state index is 12.1. The van der Waals surface area contributed by atoms with E-state index >= 15 is 0 Å². The van der Waals surface area contributed by atoms with Gasteiger partial charge in [-0.2, -0.15) is 0 Å². The molecule has 0 bridgehead atoms. The van der Waals surface area contributed by atoms with E-state index in [1.54, 1.807) is 11.3 Å². The van der Waals surface area contributed by atoms with Gasteiger partial charge in [-0.3, -0.25) is 0 Å². The highest BCUT2D eigenvalue weighted by atomic mass is 79.9. The molecule has 19 heavy (non-hydrogen) atoms. The minimum Gasteiger partial charge on any atom is -0.444 e. The van der Waals surface area contributed by atoms with Crippen LogP contribution in [0.1, 0.15) is 44.4 Å². The predicted molar refractivity (Wildman–Crippen MR) is 81.8 cm³/mol. The van der Waals surface area contributed by atoms with Gasteiger partial charge in [0.1, 0.15) is 5.60 Å². The Morgan fingerprint density at radius 2 is 2.26 bits per heavy atom. The first kappa shape index (κ1) is 14.9. The average Bonchev–Trinajstić information content (AvgIpc) is 2.74. The molecular weight excluding hydrogens is 326 g/mol. The first-order valence-corrected chi connectivity index (χ1v) is 8.24. The summed E-state index contributed by atoms with van der Waals surface area (Å²) in [7, 11) is 0. The average molecular weight is 346 g/mol. The summed E-state index contributed by atoms with van der Waals surface area (Å²) in [4.78, 5) is 15.3. The lowest BCUT2D eigenvalue weighted by atomic mass is 9.97. The van der Waals surface area contributed by atoms with Gasteiger partial charge in [0, 0.05) is 33.7 Å². The van der Waals surface area contributed by atoms with E-state index in [0.717, 1.165) is 30.4 Å². The smallest absolute Gasteiger partial charge is 0.410 e. The van der Waals surface area contributed by atoms with E-state index < -0.39 is 5.60 Å². The summed E-state index contributed by atoms with van der Waals surface area (Å²) in [6, 6.07) is 2.16. The van der Waals surface area contributed by atoms with Crippen molar-refractivity contribution in [2.24, 2.45) is 0 Å². The van der Waals surface area contributed by atoms with Gasteiger partial charge in [0.2, 0.25) is 0 Å². The number of carbonyl (C=O) groups is 1. The predicted octanol–water partition coefficient (Wildman–Crippen LogP) is 4.63. The van der Waals surface area contributed by atoms with Crippen molar-refractivity contribution in [3.05, 3.63) is 20.8 Å². The van der Waals surface area contributed by atoms with Gasteiger partial charge in [0.25, 0.3) is 0 Å². The van der Waals surface area contributed by atoms with Gasteiger partial charge in [-0.05, 0) is 55.6 Å². The highest BCUT2D eigenvalue weighted by molar-refractivity contribution is 9.10. The molecule has 1 saturated heterocycles. The Labute approximate surface area is 127 Å². The van der Waals surface area contributed by atoms with Crippen LogP contribution in [0.4, 0.5) is 4.79 Å². The van der Waals surface area contributed by atoms with Gasteiger partial charge >= 0.3 is 6.09 Å². The molecule has 3 nitrogen and oxygen atoms in total. The van der Waals surface area contributed by atoms with Crippen molar-refractivity contribution in [2.45, 2.75) is 45.1 Å². The van der Waals surface area contributed by atoms with Crippen LogP contribution < -0.4 is 0 Å². The summed E-state index contributed by atoms with van der Waals surface area (Å²) in [6.07, 6.45) is 2.00. The lowest BCUT2D eigenvalue weighted by molar-refractivity contribution is 0.0199. The van der Waals surface area contributed by atoms with Crippen LogP contribution in [0, 0.1) is 0 Å². The Hall–Kier alpha value is -0.550. The lowest BCUT2D eigenvalue weighted by Crippen LogP contribution is -2.42. The Balaban J connectivity index is 1.99. The van der Waals surface area contributed by atoms with E-state index in [4.69, 9.17) is 4.74 Å². The van der Waals surface area contributed by atoms with Gasteiger partial charge in [0.15, 0.2) is 0 Å². The fourth-order valence-electron chi connectivity index (χ4n) is 2.24. The van der Waals surface area contributed by atoms with Crippen LogP contribution in [-0.2, 0) is 4.74 Å². The van der Waals surface area contributed by atoms with Crippen LogP contribution in [0.15, 0.2) is 15.9 Å². The molecule has 0 spiro atoms. The number of carbonyl (C=O) groups excluding carboxylic acids is 1. The second kappa shape index (κ2) is 5.83. The standard InChI is InChI=1S/C14H20BrNO2S/c1-14(2,3)18-13(17)16-6-4-5-10(8-16)12-7-11(15)9-19-12/h7,9-10H,4-6,8H2,1-3H3. The van der Waals surface area contributed by atoms with Crippen LogP contribution in [0.25, 0.3) is 0 Å². The molecule has 0 N–H and O–H groups in total. The Morgan fingerprint density at radius 3 is 2.84 bits per heavy atom. The summed E-state index contributed by atoms with van der Waals surface area (Å²) < 4.78 is 6.57. The van der Waals surface area contributed by atoms with Crippen molar-refractivity contribution in [1.29, 1.82) is 0 Å². The van der Waals surface area contributed by atoms with E-state index in [9.17, 15) is 4.79 Å². The molecule has 0 radical (unpaired) electrons. The summed E-state index contributed by atoms with van der Waals surface area (Å²) in [5.74, 6) is 0.442. The van der Waals surface area contributed by atoms with Gasteiger partial charge < -0.3 is 9.64 Å². The first-order chi connectivity index (χ1) is 8.85. The quantitative estimate of drug-likeness (QED) is 0.742. The minimum atomic E-state index is -0.421. The molecule has 1 aromatic heterocycles. The van der Waals surface area contributed by atoms with Gasteiger partial charge in [-0.15, -0.1) is 11.3 Å². The maximum absolute atomic E-state index is 12.1. The monoisotopic (exact) mass is 345 g/mol. The van der Waals surface area contributed by atoms with E-state index in [-0.39, 0.29) is 6.09 Å². The zero-order valence-corrected chi connectivity index (χ0v) is 14.0. The molecule has 1 amide bonds. The van der Waals surface area contributed by atoms with Gasteiger partial charge in [-0.1, -0.05) is 0 Å². The molecule has 1 aromatic rings. The first-order valence-electron chi connectivity index (χ1n) is 6.57. The van der Waals surface area contributed by atoms with E-state index in [2.05, 4.69) is 27.4 Å². The number of hydrogen-bond acceptors (Lipinski definition) is 3. The van der Waals surface area contributed by atoms with Crippen LogP contribution in [0.3, 0.4) is 0 Å². The normalized spacial score (nSPS) is 20.4. The number of piperidine rings is 1. The van der Waals surface area contributed by atoms with Crippen molar-refractivity contribution < 1.29 is 9.53 Å². The zero-order chi connectivity index (χ0) is 14.0. The number of ether oxygens (including phenoxy) is 1. The Morgan fingerprint density at radius 1 is 1.53 bits per heavy atom. The topological polar surface area (TPSA) is 29.5 Å². The maximum Gasteiger partial charge on any atom is 0.410 e. The third-order valence-electron chi connectivity index (χ3n) is 3.06. The molecule has 0 aromatic carbocycles. The third-order valence-corrected chi connectivity index (χ3v) is 4.92. The molecule has 0 aliphatic carbocycles. The molecule has 106 valence electrons. The number of rotatable bonds is 1. The fourth-order valence-corrected chi connectivity index (χ4v) is 3.82. The van der Waals surface area contributed by atoms with Gasteiger partial charge in [-0.25, -0.2) is 4.79 Å². The molecule has 5 heteroatoms. The third kappa shape index (κ3) is 4.21. The van der Waals surface area contributed by atoms with Crippen molar-refractivity contribution in [1.82, 2.24) is 4.90 Å². The highest BCUT2D eigenvalue weighted by Crippen LogP contribution is 2.33. The molecule has 1 aliphatic rings. The fraction of sp³-hybridized carbons (Fsp3) is 0.643. The van der Waals surface area contributed by atoms with E-state index in [1.165, 1.54) is 4.88 Å². The molecule has 2 heterocycles. The SMILES string of the molecule is CC(C)(C)OC(=O)N1CCCC(c2cc(Br)cs2)C1. The summed E-state index contributed by atoms with van der Waals surface area (Å²) in [5, 5.41) is 2.10. The highest BCUT2D eigenvalue weighted by Gasteiger charge is 2.28. The van der Waals surface area contributed by atoms with Crippen LogP contribution in [0.2, 0.25) is 0 Å². The van der Waals surface area contributed by atoms with Crippen LogP contribution in [-0.4, -0.2) is 29.7 Å². The number of halogens is 1. The van der Waals surface area contributed by atoms with Gasteiger partial charge in [0.05, 0.1) is 0 Å². The Kier molecular flexibility index (Phi) is 4.56. The van der Waals surface area contributed by atoms with Crippen molar-refractivity contribution in [2.75, 3.05) is 13.1 Å². The van der Waals surface area contributed by atoms with Crippen molar-refractivity contribution >= 4 is 33.4 Å². The molecule has 1 fully saturated rings. The molecular formula is C14H20BrNO2S. The lowest BCUT2D eigenvalue weighted by Gasteiger charge is -2.33. The molecule has 2 rings (SSSR count). The number of nitrogens with zero attached hydrogens (tertiary/aromatic N) is 1. The van der Waals surface area contributed by atoms with Crippen LogP contribution >= 0.6 is 27.3 Å². The molecule has 1 aliphatic heterocycles. The second-order valence-corrected chi connectivity index (χ2v) is 7.79. The molecule has 1 unspecified atom stereocenters. The number of hydrogen-bond donors (Lipinski definition) is 0. The zero-order valence-electron chi connectivity index (χ0n) is 11.6. The number of thiophene rings is 1. The van der Waals surface area contributed by atoms with Crippen molar-refractivity contribution in [3.8, 4) is 0 Å². The van der Waals surface area contributed by atoms with E-state index in [1.807, 2.05) is 25.7 Å². The Bertz CT molecular complexity index is 453. The number of likely N-dealkylation sites (tertiary alicyclic amines) is 1. The largest absolute Gasteiger partial charge is 0.444 e. The van der Waals surface area contributed by atoms with E-state index in [0.29, 0.717) is 5.92 Å². The summed E-state index contributed by atoms with van der Waals surface area (Å²) >= 11 is 5.25. The molecule has 1 atom stereocenters. The van der Waals surface area contributed by atoms with Crippen molar-refractivity contribution in [3.63, 3.8) is 0 Å². The minimum absolute atomic E-state index is 0.187. The molecule has 0 saturated carbocycles.